The number of carbonyl (C=O) groups is 1. The Morgan fingerprint density at radius 3 is 2.38 bits per heavy atom. The molecule has 0 amide bonds. The van der Waals surface area contributed by atoms with Crippen molar-refractivity contribution in [2.24, 2.45) is 5.92 Å². The number of carbonyl (C=O) groups excluding carboxylic acids is 1. The Kier molecular flexibility index (Phi) is 3.17. The summed E-state index contributed by atoms with van der Waals surface area (Å²) >= 11 is 0. The molecule has 0 bridgehead atoms. The highest BCUT2D eigenvalue weighted by Crippen LogP contribution is 2.34. The quantitative estimate of drug-likeness (QED) is 0.696. The van der Waals surface area contributed by atoms with Gasteiger partial charge in [-0.15, -0.1) is 0 Å². The predicted octanol–water partition coefficient (Wildman–Crippen LogP) is 3.67. The molecule has 2 rings (SSSR count). The number of rotatable bonds is 2. The van der Waals surface area contributed by atoms with Gasteiger partial charge in [-0.1, -0.05) is 6.92 Å². The smallest absolute Gasteiger partial charge is 0.151 e. The normalized spacial score (nSPS) is 25.7. The first-order valence-electron chi connectivity index (χ1n) is 6.27. The Bertz CT molecular complexity index is 384. The van der Waals surface area contributed by atoms with E-state index in [-0.39, 0.29) is 0 Å². The second kappa shape index (κ2) is 4.44. The molecule has 1 aromatic rings. The second-order valence-corrected chi connectivity index (χ2v) is 5.23. The van der Waals surface area contributed by atoms with Gasteiger partial charge in [-0.05, 0) is 51.5 Å². The van der Waals surface area contributed by atoms with Crippen LogP contribution in [0.5, 0.6) is 0 Å². The van der Waals surface area contributed by atoms with E-state index >= 15 is 0 Å². The van der Waals surface area contributed by atoms with E-state index < -0.39 is 0 Å². The summed E-state index contributed by atoms with van der Waals surface area (Å²) in [6, 6.07) is 2.63. The third kappa shape index (κ3) is 1.93. The topological polar surface area (TPSA) is 22.0 Å². The van der Waals surface area contributed by atoms with Gasteiger partial charge in [0.15, 0.2) is 6.29 Å². The Morgan fingerprint density at radius 2 is 1.88 bits per heavy atom. The maximum atomic E-state index is 10.9. The van der Waals surface area contributed by atoms with E-state index in [4.69, 9.17) is 0 Å². The molecule has 0 spiro atoms. The lowest BCUT2D eigenvalue weighted by atomic mass is 9.87. The minimum Gasteiger partial charge on any atom is -0.345 e. The van der Waals surface area contributed by atoms with Crippen molar-refractivity contribution >= 4 is 6.29 Å². The SMILES string of the molecule is Cc1cc(C=O)c(C)n1C1CCC(C)CC1. The monoisotopic (exact) mass is 219 g/mol. The van der Waals surface area contributed by atoms with Crippen LogP contribution >= 0.6 is 0 Å². The van der Waals surface area contributed by atoms with Crippen molar-refractivity contribution in [3.8, 4) is 0 Å². The Labute approximate surface area is 97.7 Å². The summed E-state index contributed by atoms with van der Waals surface area (Å²) in [5.41, 5.74) is 3.24. The van der Waals surface area contributed by atoms with Crippen LogP contribution in [0.3, 0.4) is 0 Å². The fourth-order valence-corrected chi connectivity index (χ4v) is 2.98. The third-order valence-electron chi connectivity index (χ3n) is 4.00. The van der Waals surface area contributed by atoms with E-state index in [1.807, 2.05) is 6.07 Å². The first-order valence-corrected chi connectivity index (χ1v) is 6.27. The van der Waals surface area contributed by atoms with Gasteiger partial charge in [0.2, 0.25) is 0 Å². The van der Waals surface area contributed by atoms with Crippen molar-refractivity contribution in [1.29, 1.82) is 0 Å². The van der Waals surface area contributed by atoms with Crippen molar-refractivity contribution in [2.45, 2.75) is 52.5 Å². The summed E-state index contributed by atoms with van der Waals surface area (Å²) in [5.74, 6) is 0.873. The van der Waals surface area contributed by atoms with Crippen molar-refractivity contribution in [3.63, 3.8) is 0 Å². The average molecular weight is 219 g/mol. The number of aldehydes is 1. The van der Waals surface area contributed by atoms with E-state index in [1.165, 1.54) is 31.4 Å². The first-order chi connectivity index (χ1) is 7.63. The number of hydrogen-bond acceptors (Lipinski definition) is 1. The Morgan fingerprint density at radius 1 is 1.25 bits per heavy atom. The fourth-order valence-electron chi connectivity index (χ4n) is 2.98. The van der Waals surface area contributed by atoms with Gasteiger partial charge in [0.05, 0.1) is 0 Å². The van der Waals surface area contributed by atoms with Gasteiger partial charge in [-0.2, -0.15) is 0 Å². The number of nitrogens with zero attached hydrogens (tertiary/aromatic N) is 1. The highest BCUT2D eigenvalue weighted by Gasteiger charge is 2.22. The van der Waals surface area contributed by atoms with E-state index in [0.717, 1.165) is 23.5 Å². The maximum Gasteiger partial charge on any atom is 0.151 e. The van der Waals surface area contributed by atoms with Crippen LogP contribution in [0, 0.1) is 19.8 Å². The molecule has 0 aliphatic heterocycles. The van der Waals surface area contributed by atoms with Gasteiger partial charge in [0, 0.05) is 23.0 Å². The van der Waals surface area contributed by atoms with Gasteiger partial charge < -0.3 is 4.57 Å². The van der Waals surface area contributed by atoms with Gasteiger partial charge in [-0.3, -0.25) is 4.79 Å². The average Bonchev–Trinajstić information content (AvgIpc) is 2.56. The largest absolute Gasteiger partial charge is 0.345 e. The summed E-state index contributed by atoms with van der Waals surface area (Å²) in [5, 5.41) is 0. The van der Waals surface area contributed by atoms with Crippen LogP contribution in [-0.4, -0.2) is 10.9 Å². The predicted molar refractivity (Wildman–Crippen MR) is 66.0 cm³/mol. The third-order valence-corrected chi connectivity index (χ3v) is 4.00. The lowest BCUT2D eigenvalue weighted by molar-refractivity contribution is 0.112. The molecule has 0 N–H and O–H groups in total. The minimum absolute atomic E-state index is 0.616. The summed E-state index contributed by atoms with van der Waals surface area (Å²) in [6.07, 6.45) is 6.13. The van der Waals surface area contributed by atoms with Crippen LogP contribution in [-0.2, 0) is 0 Å². The Balaban J connectivity index is 2.26. The zero-order valence-electron chi connectivity index (χ0n) is 10.5. The molecular formula is C14H21NO. The standard InChI is InChI=1S/C14H21NO/c1-10-4-6-14(7-5-10)15-11(2)8-13(9-16)12(15)3/h8-10,14H,4-7H2,1-3H3. The Hall–Kier alpha value is -1.05. The molecule has 16 heavy (non-hydrogen) atoms. The van der Waals surface area contributed by atoms with Gasteiger partial charge in [0.1, 0.15) is 0 Å². The zero-order chi connectivity index (χ0) is 11.7. The molecule has 88 valence electrons. The molecule has 1 saturated carbocycles. The van der Waals surface area contributed by atoms with Crippen LogP contribution in [0.4, 0.5) is 0 Å². The van der Waals surface area contributed by atoms with Crippen molar-refractivity contribution in [3.05, 3.63) is 23.0 Å². The molecule has 1 aliphatic carbocycles. The lowest BCUT2D eigenvalue weighted by Crippen LogP contribution is -2.18. The maximum absolute atomic E-state index is 10.9. The minimum atomic E-state index is 0.616. The van der Waals surface area contributed by atoms with Crippen molar-refractivity contribution in [1.82, 2.24) is 4.57 Å². The summed E-state index contributed by atoms with van der Waals surface area (Å²) in [6.45, 7) is 6.51. The van der Waals surface area contributed by atoms with E-state index in [9.17, 15) is 4.79 Å². The molecule has 0 aromatic carbocycles. The van der Waals surface area contributed by atoms with Crippen molar-refractivity contribution < 1.29 is 4.79 Å². The first kappa shape index (κ1) is 11.4. The molecule has 1 aliphatic rings. The second-order valence-electron chi connectivity index (χ2n) is 5.23. The van der Waals surface area contributed by atoms with E-state index in [0.29, 0.717) is 6.04 Å². The van der Waals surface area contributed by atoms with Crippen LogP contribution in [0.25, 0.3) is 0 Å². The number of aromatic nitrogens is 1. The molecule has 0 unspecified atom stereocenters. The molecule has 1 heterocycles. The molecule has 1 fully saturated rings. The molecule has 0 saturated heterocycles. The highest BCUT2D eigenvalue weighted by molar-refractivity contribution is 5.77. The summed E-state index contributed by atoms with van der Waals surface area (Å²) < 4.78 is 2.37. The van der Waals surface area contributed by atoms with Crippen LogP contribution in [0.15, 0.2) is 6.07 Å². The summed E-state index contributed by atoms with van der Waals surface area (Å²) in [7, 11) is 0. The van der Waals surface area contributed by atoms with Gasteiger partial charge in [0.25, 0.3) is 0 Å². The van der Waals surface area contributed by atoms with Crippen LogP contribution < -0.4 is 0 Å². The number of aryl methyl sites for hydroxylation is 1. The van der Waals surface area contributed by atoms with Crippen LogP contribution in [0.2, 0.25) is 0 Å². The zero-order valence-corrected chi connectivity index (χ0v) is 10.5. The van der Waals surface area contributed by atoms with E-state index in [1.54, 1.807) is 0 Å². The molecule has 0 radical (unpaired) electrons. The van der Waals surface area contributed by atoms with Gasteiger partial charge in [-0.25, -0.2) is 0 Å². The van der Waals surface area contributed by atoms with Crippen molar-refractivity contribution in [2.75, 3.05) is 0 Å². The molecule has 0 atom stereocenters. The van der Waals surface area contributed by atoms with Gasteiger partial charge >= 0.3 is 0 Å². The highest BCUT2D eigenvalue weighted by atomic mass is 16.1. The fraction of sp³-hybridized carbons (Fsp3) is 0.643. The molecular weight excluding hydrogens is 198 g/mol. The van der Waals surface area contributed by atoms with E-state index in [2.05, 4.69) is 25.3 Å². The molecule has 2 nitrogen and oxygen atoms in total. The lowest BCUT2D eigenvalue weighted by Gasteiger charge is -2.29. The molecule has 1 aromatic heterocycles. The van der Waals surface area contributed by atoms with Crippen LogP contribution in [0.1, 0.15) is 60.4 Å². The number of hydrogen-bond donors (Lipinski definition) is 0. The summed E-state index contributed by atoms with van der Waals surface area (Å²) in [4.78, 5) is 10.9. The molecule has 2 heteroatoms.